The minimum atomic E-state index is -0.345. The number of aryl methyl sites for hydroxylation is 2. The van der Waals surface area contributed by atoms with Gasteiger partial charge in [-0.3, -0.25) is 4.79 Å². The van der Waals surface area contributed by atoms with Gasteiger partial charge < -0.3 is 5.32 Å². The first-order valence-corrected chi connectivity index (χ1v) is 6.27. The molecule has 20 heavy (non-hydrogen) atoms. The molecule has 1 N–H and O–H groups in total. The minimum Gasteiger partial charge on any atom is -0.348 e. The van der Waals surface area contributed by atoms with Crippen molar-refractivity contribution in [3.8, 4) is 0 Å². The largest absolute Gasteiger partial charge is 0.348 e. The molecule has 4 heteroatoms. The van der Waals surface area contributed by atoms with Crippen molar-refractivity contribution in [2.24, 2.45) is 0 Å². The van der Waals surface area contributed by atoms with Crippen molar-refractivity contribution in [1.82, 2.24) is 5.32 Å². The van der Waals surface area contributed by atoms with Crippen molar-refractivity contribution < 1.29 is 13.6 Å². The normalized spacial score (nSPS) is 10.4. The van der Waals surface area contributed by atoms with Crippen molar-refractivity contribution >= 4 is 5.91 Å². The predicted molar refractivity (Wildman–Crippen MR) is 73.4 cm³/mol. The molecule has 0 fully saturated rings. The molecule has 0 saturated heterocycles. The molecule has 0 aliphatic rings. The lowest BCUT2D eigenvalue weighted by molar-refractivity contribution is 0.0950. The number of benzene rings is 2. The number of carbonyl (C=O) groups excluding carboxylic acids is 1. The molecule has 2 nitrogen and oxygen atoms in total. The second-order valence-electron chi connectivity index (χ2n) is 4.73. The summed E-state index contributed by atoms with van der Waals surface area (Å²) in [5, 5.41) is 2.68. The van der Waals surface area contributed by atoms with Gasteiger partial charge in [-0.25, -0.2) is 8.78 Å². The average Bonchev–Trinajstić information content (AvgIpc) is 2.43. The third kappa shape index (κ3) is 3.20. The van der Waals surface area contributed by atoms with Crippen LogP contribution in [0.25, 0.3) is 0 Å². The van der Waals surface area contributed by atoms with Crippen molar-refractivity contribution in [3.05, 3.63) is 70.3 Å². The van der Waals surface area contributed by atoms with Crippen LogP contribution < -0.4 is 5.32 Å². The Hall–Kier alpha value is -2.23. The summed E-state index contributed by atoms with van der Waals surface area (Å²) in [6.45, 7) is 3.51. The van der Waals surface area contributed by atoms with E-state index in [-0.39, 0.29) is 24.1 Å². The summed E-state index contributed by atoms with van der Waals surface area (Å²) in [6, 6.07) is 8.99. The molecular weight excluding hydrogens is 260 g/mol. The molecule has 0 heterocycles. The SMILES string of the molecule is Cc1cc(C(=O)NCc2ccc(C)c(F)c2)ccc1F. The fourth-order valence-electron chi connectivity index (χ4n) is 1.82. The van der Waals surface area contributed by atoms with Crippen LogP contribution in [0, 0.1) is 25.5 Å². The molecular formula is C16H15F2NO. The zero-order valence-corrected chi connectivity index (χ0v) is 11.3. The van der Waals surface area contributed by atoms with E-state index in [1.54, 1.807) is 26.0 Å². The highest BCUT2D eigenvalue weighted by Crippen LogP contribution is 2.11. The van der Waals surface area contributed by atoms with Crippen LogP contribution >= 0.6 is 0 Å². The number of nitrogens with one attached hydrogen (secondary N) is 1. The summed E-state index contributed by atoms with van der Waals surface area (Å²) in [5.41, 5.74) is 2.05. The standard InChI is InChI=1S/C16H15F2NO/c1-10-3-4-12(8-15(10)18)9-19-16(20)13-5-6-14(17)11(2)7-13/h3-8H,9H2,1-2H3,(H,19,20). The van der Waals surface area contributed by atoms with E-state index in [9.17, 15) is 13.6 Å². The Kier molecular flexibility index (Phi) is 4.13. The third-order valence-electron chi connectivity index (χ3n) is 3.11. The lowest BCUT2D eigenvalue weighted by Crippen LogP contribution is -2.23. The molecule has 0 spiro atoms. The summed E-state index contributed by atoms with van der Waals surface area (Å²) in [5.74, 6) is -0.953. The van der Waals surface area contributed by atoms with E-state index in [1.165, 1.54) is 24.3 Å². The molecule has 2 rings (SSSR count). The van der Waals surface area contributed by atoms with Gasteiger partial charge in [0.05, 0.1) is 0 Å². The van der Waals surface area contributed by atoms with Crippen LogP contribution in [0.1, 0.15) is 27.0 Å². The monoisotopic (exact) mass is 275 g/mol. The summed E-state index contributed by atoms with van der Waals surface area (Å²) >= 11 is 0. The van der Waals surface area contributed by atoms with Crippen LogP contribution in [-0.2, 0) is 6.54 Å². The Bertz CT molecular complexity index is 653. The zero-order chi connectivity index (χ0) is 14.7. The van der Waals surface area contributed by atoms with E-state index in [0.29, 0.717) is 22.3 Å². The van der Waals surface area contributed by atoms with Gasteiger partial charge in [0.1, 0.15) is 11.6 Å². The molecule has 0 bridgehead atoms. The fourth-order valence-corrected chi connectivity index (χ4v) is 1.82. The van der Waals surface area contributed by atoms with Gasteiger partial charge in [0, 0.05) is 12.1 Å². The van der Waals surface area contributed by atoms with Crippen molar-refractivity contribution in [2.75, 3.05) is 0 Å². The maximum atomic E-state index is 13.4. The summed E-state index contributed by atoms with van der Waals surface area (Å²) < 4.78 is 26.5. The van der Waals surface area contributed by atoms with Crippen LogP contribution in [0.3, 0.4) is 0 Å². The highest BCUT2D eigenvalue weighted by atomic mass is 19.1. The Morgan fingerprint density at radius 1 is 1.00 bits per heavy atom. The molecule has 0 atom stereocenters. The molecule has 0 saturated carbocycles. The van der Waals surface area contributed by atoms with Gasteiger partial charge in [0.15, 0.2) is 0 Å². The highest BCUT2D eigenvalue weighted by Gasteiger charge is 2.08. The summed E-state index contributed by atoms with van der Waals surface area (Å²) in [4.78, 5) is 11.9. The van der Waals surface area contributed by atoms with Gasteiger partial charge >= 0.3 is 0 Å². The quantitative estimate of drug-likeness (QED) is 0.912. The zero-order valence-electron chi connectivity index (χ0n) is 11.3. The molecule has 2 aromatic carbocycles. The minimum absolute atomic E-state index is 0.229. The first-order chi connectivity index (χ1) is 9.47. The summed E-state index contributed by atoms with van der Waals surface area (Å²) in [7, 11) is 0. The predicted octanol–water partition coefficient (Wildman–Crippen LogP) is 3.51. The average molecular weight is 275 g/mol. The lowest BCUT2D eigenvalue weighted by atomic mass is 10.1. The van der Waals surface area contributed by atoms with E-state index < -0.39 is 0 Å². The lowest BCUT2D eigenvalue weighted by Gasteiger charge is -2.07. The van der Waals surface area contributed by atoms with E-state index in [2.05, 4.69) is 5.32 Å². The maximum Gasteiger partial charge on any atom is 0.251 e. The Balaban J connectivity index is 2.04. The fraction of sp³-hybridized carbons (Fsp3) is 0.188. The van der Waals surface area contributed by atoms with Crippen LogP contribution in [0.4, 0.5) is 8.78 Å². The molecule has 0 aliphatic carbocycles. The van der Waals surface area contributed by atoms with Crippen LogP contribution in [-0.4, -0.2) is 5.91 Å². The van der Waals surface area contributed by atoms with Gasteiger partial charge in [0.25, 0.3) is 5.91 Å². The Morgan fingerprint density at radius 2 is 1.75 bits per heavy atom. The van der Waals surface area contributed by atoms with Gasteiger partial charge in [-0.2, -0.15) is 0 Å². The van der Waals surface area contributed by atoms with E-state index in [1.807, 2.05) is 0 Å². The second kappa shape index (κ2) is 5.82. The van der Waals surface area contributed by atoms with Crippen molar-refractivity contribution in [3.63, 3.8) is 0 Å². The smallest absolute Gasteiger partial charge is 0.251 e. The number of carbonyl (C=O) groups is 1. The first-order valence-electron chi connectivity index (χ1n) is 6.27. The van der Waals surface area contributed by atoms with Gasteiger partial charge in [-0.05, 0) is 54.8 Å². The molecule has 0 aromatic heterocycles. The number of hydrogen-bond acceptors (Lipinski definition) is 1. The van der Waals surface area contributed by atoms with Crippen LogP contribution in [0.5, 0.6) is 0 Å². The second-order valence-corrected chi connectivity index (χ2v) is 4.73. The van der Waals surface area contributed by atoms with Gasteiger partial charge in [-0.15, -0.1) is 0 Å². The van der Waals surface area contributed by atoms with E-state index in [4.69, 9.17) is 0 Å². The Labute approximate surface area is 116 Å². The van der Waals surface area contributed by atoms with E-state index in [0.717, 1.165) is 0 Å². The molecule has 1 amide bonds. The third-order valence-corrected chi connectivity index (χ3v) is 3.11. The number of halogens is 2. The van der Waals surface area contributed by atoms with Gasteiger partial charge in [0.2, 0.25) is 0 Å². The molecule has 0 unspecified atom stereocenters. The molecule has 0 radical (unpaired) electrons. The summed E-state index contributed by atoms with van der Waals surface area (Å²) in [6.07, 6.45) is 0. The first kappa shape index (κ1) is 14.2. The van der Waals surface area contributed by atoms with Gasteiger partial charge in [-0.1, -0.05) is 12.1 Å². The van der Waals surface area contributed by atoms with E-state index >= 15 is 0 Å². The van der Waals surface area contributed by atoms with Crippen molar-refractivity contribution in [1.29, 1.82) is 0 Å². The number of rotatable bonds is 3. The number of hydrogen-bond donors (Lipinski definition) is 1. The molecule has 0 aliphatic heterocycles. The Morgan fingerprint density at radius 3 is 2.40 bits per heavy atom. The molecule has 2 aromatic rings. The van der Waals surface area contributed by atoms with Crippen molar-refractivity contribution in [2.45, 2.75) is 20.4 Å². The maximum absolute atomic E-state index is 13.4. The topological polar surface area (TPSA) is 29.1 Å². The van der Waals surface area contributed by atoms with Crippen LogP contribution in [0.2, 0.25) is 0 Å². The highest BCUT2D eigenvalue weighted by molar-refractivity contribution is 5.94. The number of amides is 1. The molecule has 104 valence electrons. The van der Waals surface area contributed by atoms with Crippen LogP contribution in [0.15, 0.2) is 36.4 Å².